The second-order valence-corrected chi connectivity index (χ2v) is 6.64. The normalized spacial score (nSPS) is 18.5. The lowest BCUT2D eigenvalue weighted by Crippen LogP contribution is -2.30. The maximum atomic E-state index is 3.75. The van der Waals surface area contributed by atoms with E-state index in [9.17, 15) is 0 Å². The summed E-state index contributed by atoms with van der Waals surface area (Å²) in [5.41, 5.74) is 2.14. The Balaban J connectivity index is 1.85. The van der Waals surface area contributed by atoms with Crippen molar-refractivity contribution in [1.82, 2.24) is 5.32 Å². The molecular weight excluding hydrogens is 230 g/mol. The lowest BCUT2D eigenvalue weighted by molar-refractivity contribution is 0.389. The predicted molar refractivity (Wildman–Crippen MR) is 83.5 cm³/mol. The third-order valence-corrected chi connectivity index (χ3v) is 4.63. The number of hydrogen-bond acceptors (Lipinski definition) is 1. The Hall–Kier alpha value is -0.820. The summed E-state index contributed by atoms with van der Waals surface area (Å²) in [6.07, 6.45) is 5.60. The molecule has 1 aliphatic rings. The maximum Gasteiger partial charge on any atom is 0.00228 e. The minimum atomic E-state index is 0.638. The number of nitrogens with one attached hydrogen (secondary N) is 1. The zero-order chi connectivity index (χ0) is 13.7. The lowest BCUT2D eigenvalue weighted by atomic mass is 9.88. The Labute approximate surface area is 118 Å². The van der Waals surface area contributed by atoms with Crippen LogP contribution in [0, 0.1) is 11.3 Å². The summed E-state index contributed by atoms with van der Waals surface area (Å²) >= 11 is 0. The van der Waals surface area contributed by atoms with E-state index in [0.29, 0.717) is 17.3 Å². The molecule has 2 rings (SSSR count). The molecule has 1 heteroatoms. The zero-order valence-corrected chi connectivity index (χ0v) is 12.8. The molecule has 106 valence electrons. The molecule has 1 nitrogen and oxygen atoms in total. The van der Waals surface area contributed by atoms with Crippen molar-refractivity contribution < 1.29 is 0 Å². The fraction of sp³-hybridized carbons (Fsp3) is 0.667. The topological polar surface area (TPSA) is 12.0 Å². The summed E-state index contributed by atoms with van der Waals surface area (Å²) < 4.78 is 0. The molecule has 0 spiro atoms. The largest absolute Gasteiger partial charge is 0.316 e. The van der Waals surface area contributed by atoms with Crippen LogP contribution in [-0.4, -0.2) is 13.1 Å². The van der Waals surface area contributed by atoms with Crippen LogP contribution in [0.1, 0.15) is 57.9 Å². The molecule has 1 atom stereocenters. The molecule has 1 aliphatic carbocycles. The highest BCUT2D eigenvalue weighted by Crippen LogP contribution is 2.49. The average molecular weight is 259 g/mol. The third-order valence-electron chi connectivity index (χ3n) is 4.63. The smallest absolute Gasteiger partial charge is 0.00228 e. The first kappa shape index (κ1) is 14.6. The molecule has 1 saturated carbocycles. The zero-order valence-electron chi connectivity index (χ0n) is 12.8. The van der Waals surface area contributed by atoms with Gasteiger partial charge in [-0.2, -0.15) is 0 Å². The maximum absolute atomic E-state index is 3.75. The number of rotatable bonds is 8. The van der Waals surface area contributed by atoms with Gasteiger partial charge in [0.25, 0.3) is 0 Å². The van der Waals surface area contributed by atoms with Crippen molar-refractivity contribution in [2.75, 3.05) is 13.1 Å². The molecule has 0 aliphatic heterocycles. The van der Waals surface area contributed by atoms with Crippen LogP contribution < -0.4 is 5.32 Å². The lowest BCUT2D eigenvalue weighted by Gasteiger charge is -2.24. The van der Waals surface area contributed by atoms with Crippen molar-refractivity contribution in [3.63, 3.8) is 0 Å². The van der Waals surface area contributed by atoms with Crippen molar-refractivity contribution in [2.24, 2.45) is 11.3 Å². The fourth-order valence-electron chi connectivity index (χ4n) is 3.15. The van der Waals surface area contributed by atoms with Gasteiger partial charge in [-0.3, -0.25) is 0 Å². The van der Waals surface area contributed by atoms with Gasteiger partial charge in [0.05, 0.1) is 0 Å². The second-order valence-electron chi connectivity index (χ2n) is 6.64. The van der Waals surface area contributed by atoms with Crippen molar-refractivity contribution in [3.05, 3.63) is 35.9 Å². The second kappa shape index (κ2) is 6.56. The van der Waals surface area contributed by atoms with Crippen LogP contribution in [0.25, 0.3) is 0 Å². The minimum absolute atomic E-state index is 0.638. The van der Waals surface area contributed by atoms with Crippen molar-refractivity contribution in [1.29, 1.82) is 0 Å². The SMILES string of the molecule is CCCC1(CNCC(c2ccccc2)C(C)C)CC1. The number of benzene rings is 1. The highest BCUT2D eigenvalue weighted by atomic mass is 14.9. The van der Waals surface area contributed by atoms with Gasteiger partial charge in [0.2, 0.25) is 0 Å². The Kier molecular flexibility index (Phi) is 5.04. The standard InChI is InChI=1S/C18H29N/c1-4-10-18(11-12-18)14-19-13-17(15(2)3)16-8-6-5-7-9-16/h5-9,15,17,19H,4,10-14H2,1-3H3. The molecule has 1 N–H and O–H groups in total. The van der Waals surface area contributed by atoms with E-state index >= 15 is 0 Å². The summed E-state index contributed by atoms with van der Waals surface area (Å²) in [6.45, 7) is 9.31. The molecule has 0 aromatic heterocycles. The average Bonchev–Trinajstić information content (AvgIpc) is 3.16. The first-order chi connectivity index (χ1) is 9.17. The third kappa shape index (κ3) is 4.07. The summed E-state index contributed by atoms with van der Waals surface area (Å²) in [6, 6.07) is 11.0. The van der Waals surface area contributed by atoms with E-state index in [1.54, 1.807) is 0 Å². The molecule has 1 aromatic carbocycles. The molecule has 1 fully saturated rings. The molecule has 0 radical (unpaired) electrons. The van der Waals surface area contributed by atoms with Crippen LogP contribution in [-0.2, 0) is 0 Å². The Morgan fingerprint density at radius 2 is 1.84 bits per heavy atom. The van der Waals surface area contributed by atoms with Crippen LogP contribution in [0.3, 0.4) is 0 Å². The molecule has 0 heterocycles. The van der Waals surface area contributed by atoms with Crippen LogP contribution in [0.5, 0.6) is 0 Å². The van der Waals surface area contributed by atoms with E-state index in [-0.39, 0.29) is 0 Å². The predicted octanol–water partition coefficient (Wildman–Crippen LogP) is 4.60. The van der Waals surface area contributed by atoms with E-state index in [4.69, 9.17) is 0 Å². The highest BCUT2D eigenvalue weighted by Gasteiger charge is 2.40. The van der Waals surface area contributed by atoms with Gasteiger partial charge in [0.1, 0.15) is 0 Å². The quantitative estimate of drug-likeness (QED) is 0.719. The van der Waals surface area contributed by atoms with E-state index in [1.165, 1.54) is 37.8 Å². The van der Waals surface area contributed by atoms with E-state index < -0.39 is 0 Å². The van der Waals surface area contributed by atoms with Crippen LogP contribution in [0.2, 0.25) is 0 Å². The molecule has 0 saturated heterocycles. The van der Waals surface area contributed by atoms with Gasteiger partial charge < -0.3 is 5.32 Å². The van der Waals surface area contributed by atoms with Gasteiger partial charge in [-0.25, -0.2) is 0 Å². The summed E-state index contributed by atoms with van der Waals surface area (Å²) in [5, 5.41) is 3.75. The fourth-order valence-corrected chi connectivity index (χ4v) is 3.15. The summed E-state index contributed by atoms with van der Waals surface area (Å²) in [7, 11) is 0. The molecule has 1 unspecified atom stereocenters. The molecular formula is C18H29N. The Morgan fingerprint density at radius 3 is 2.37 bits per heavy atom. The highest BCUT2D eigenvalue weighted by molar-refractivity contribution is 5.20. The number of hydrogen-bond donors (Lipinski definition) is 1. The molecule has 1 aromatic rings. The Morgan fingerprint density at radius 1 is 1.16 bits per heavy atom. The van der Waals surface area contributed by atoms with Crippen molar-refractivity contribution in [2.45, 2.75) is 52.4 Å². The molecule has 19 heavy (non-hydrogen) atoms. The minimum Gasteiger partial charge on any atom is -0.316 e. The van der Waals surface area contributed by atoms with Crippen LogP contribution in [0.15, 0.2) is 30.3 Å². The summed E-state index contributed by atoms with van der Waals surface area (Å²) in [5.74, 6) is 1.33. The van der Waals surface area contributed by atoms with E-state index in [1.807, 2.05) is 0 Å². The van der Waals surface area contributed by atoms with E-state index in [2.05, 4.69) is 56.4 Å². The Bertz CT molecular complexity index is 365. The van der Waals surface area contributed by atoms with Crippen LogP contribution >= 0.6 is 0 Å². The van der Waals surface area contributed by atoms with Gasteiger partial charge in [0.15, 0.2) is 0 Å². The first-order valence-corrected chi connectivity index (χ1v) is 7.92. The molecule has 0 bridgehead atoms. The van der Waals surface area contributed by atoms with Crippen molar-refractivity contribution >= 4 is 0 Å². The van der Waals surface area contributed by atoms with Gasteiger partial charge >= 0.3 is 0 Å². The van der Waals surface area contributed by atoms with Crippen molar-refractivity contribution in [3.8, 4) is 0 Å². The molecule has 0 amide bonds. The van der Waals surface area contributed by atoms with Gasteiger partial charge in [0, 0.05) is 13.1 Å². The van der Waals surface area contributed by atoms with Gasteiger partial charge in [-0.1, -0.05) is 57.5 Å². The van der Waals surface area contributed by atoms with E-state index in [0.717, 1.165) is 6.54 Å². The summed E-state index contributed by atoms with van der Waals surface area (Å²) in [4.78, 5) is 0. The van der Waals surface area contributed by atoms with Crippen LogP contribution in [0.4, 0.5) is 0 Å². The first-order valence-electron chi connectivity index (χ1n) is 7.92. The van der Waals surface area contributed by atoms with Gasteiger partial charge in [-0.15, -0.1) is 0 Å². The van der Waals surface area contributed by atoms with Gasteiger partial charge in [-0.05, 0) is 42.1 Å². The monoisotopic (exact) mass is 259 g/mol.